The molecule has 2 N–H and O–H groups in total. The van der Waals surface area contributed by atoms with Gasteiger partial charge in [-0.1, -0.05) is 13.3 Å². The van der Waals surface area contributed by atoms with Crippen LogP contribution in [0.25, 0.3) is 0 Å². The molecule has 1 amide bonds. The van der Waals surface area contributed by atoms with E-state index in [0.717, 1.165) is 32.4 Å². The topological polar surface area (TPSA) is 50.4 Å². The quantitative estimate of drug-likeness (QED) is 0.641. The Balaban J connectivity index is 2.02. The number of hydrogen-bond acceptors (Lipinski definition) is 3. The van der Waals surface area contributed by atoms with E-state index in [2.05, 4.69) is 17.6 Å². The number of carbonyl (C=O) groups excluding carboxylic acids is 1. The molecule has 0 saturated carbocycles. The van der Waals surface area contributed by atoms with Crippen LogP contribution in [0, 0.1) is 0 Å². The van der Waals surface area contributed by atoms with E-state index in [4.69, 9.17) is 4.74 Å². The monoisotopic (exact) mass is 186 g/mol. The van der Waals surface area contributed by atoms with E-state index < -0.39 is 0 Å². The molecule has 1 aliphatic rings. The molecule has 0 bridgehead atoms. The van der Waals surface area contributed by atoms with Gasteiger partial charge in [0.1, 0.15) is 0 Å². The van der Waals surface area contributed by atoms with Gasteiger partial charge < -0.3 is 15.4 Å². The molecule has 0 radical (unpaired) electrons. The Morgan fingerprint density at radius 2 is 2.54 bits per heavy atom. The van der Waals surface area contributed by atoms with Crippen LogP contribution in [-0.2, 0) is 4.74 Å². The average molecular weight is 186 g/mol. The van der Waals surface area contributed by atoms with Gasteiger partial charge in [0, 0.05) is 12.6 Å². The summed E-state index contributed by atoms with van der Waals surface area (Å²) in [4.78, 5) is 11.1. The Hall–Kier alpha value is -0.770. The van der Waals surface area contributed by atoms with Gasteiger partial charge in [-0.3, -0.25) is 0 Å². The smallest absolute Gasteiger partial charge is 0.407 e. The molecule has 0 aromatic rings. The van der Waals surface area contributed by atoms with Crippen LogP contribution in [0.4, 0.5) is 4.79 Å². The third-order valence-electron chi connectivity index (χ3n) is 2.11. The molecule has 4 nitrogen and oxygen atoms in total. The van der Waals surface area contributed by atoms with E-state index in [9.17, 15) is 4.79 Å². The molecule has 0 aliphatic carbocycles. The summed E-state index contributed by atoms with van der Waals surface area (Å²) in [5.41, 5.74) is 0. The lowest BCUT2D eigenvalue weighted by atomic mass is 10.3. The van der Waals surface area contributed by atoms with Crippen LogP contribution in [0.5, 0.6) is 0 Å². The van der Waals surface area contributed by atoms with Crippen molar-refractivity contribution in [1.29, 1.82) is 0 Å². The highest BCUT2D eigenvalue weighted by atomic mass is 16.5. The molecule has 1 saturated heterocycles. The zero-order valence-corrected chi connectivity index (χ0v) is 8.14. The van der Waals surface area contributed by atoms with Gasteiger partial charge in [-0.2, -0.15) is 0 Å². The highest BCUT2D eigenvalue weighted by molar-refractivity contribution is 5.67. The van der Waals surface area contributed by atoms with Gasteiger partial charge in [0.15, 0.2) is 0 Å². The van der Waals surface area contributed by atoms with Crippen molar-refractivity contribution >= 4 is 6.09 Å². The number of rotatable bonds is 4. The number of nitrogens with one attached hydrogen (secondary N) is 2. The summed E-state index contributed by atoms with van der Waals surface area (Å²) in [5.74, 6) is 0. The van der Waals surface area contributed by atoms with Crippen LogP contribution in [0.15, 0.2) is 0 Å². The molecule has 0 unspecified atom stereocenters. The molecular formula is C9H18N2O2. The SMILES string of the molecule is CCCCOC(=O)N[C@H]1CCNC1. The van der Waals surface area contributed by atoms with Gasteiger partial charge in [0.2, 0.25) is 0 Å². The standard InChI is InChI=1S/C9H18N2O2/c1-2-3-6-13-9(12)11-8-4-5-10-7-8/h8,10H,2-7H2,1H3,(H,11,12)/t8-/m0/s1. The lowest BCUT2D eigenvalue weighted by molar-refractivity contribution is 0.141. The Bertz CT molecular complexity index is 156. The van der Waals surface area contributed by atoms with E-state index >= 15 is 0 Å². The van der Waals surface area contributed by atoms with Crippen molar-refractivity contribution in [3.8, 4) is 0 Å². The maximum absolute atomic E-state index is 11.1. The fourth-order valence-corrected chi connectivity index (χ4v) is 1.30. The van der Waals surface area contributed by atoms with Crippen LogP contribution in [-0.4, -0.2) is 31.8 Å². The first kappa shape index (κ1) is 10.3. The normalized spacial score (nSPS) is 21.5. The molecular weight excluding hydrogens is 168 g/mol. The number of hydrogen-bond donors (Lipinski definition) is 2. The van der Waals surface area contributed by atoms with Crippen molar-refractivity contribution in [1.82, 2.24) is 10.6 Å². The molecule has 4 heteroatoms. The second-order valence-electron chi connectivity index (χ2n) is 3.32. The maximum atomic E-state index is 11.1. The first-order valence-corrected chi connectivity index (χ1v) is 4.97. The van der Waals surface area contributed by atoms with Crippen molar-refractivity contribution in [3.63, 3.8) is 0 Å². The van der Waals surface area contributed by atoms with Crippen molar-refractivity contribution in [2.75, 3.05) is 19.7 Å². The minimum atomic E-state index is -0.276. The molecule has 13 heavy (non-hydrogen) atoms. The second kappa shape index (κ2) is 5.80. The highest BCUT2D eigenvalue weighted by Crippen LogP contribution is 1.97. The minimum Gasteiger partial charge on any atom is -0.450 e. The third kappa shape index (κ3) is 4.12. The van der Waals surface area contributed by atoms with E-state index in [1.807, 2.05) is 0 Å². The van der Waals surface area contributed by atoms with Gasteiger partial charge in [0.25, 0.3) is 0 Å². The largest absolute Gasteiger partial charge is 0.450 e. The lowest BCUT2D eigenvalue weighted by Crippen LogP contribution is -2.36. The molecule has 1 atom stereocenters. The van der Waals surface area contributed by atoms with Crippen molar-refractivity contribution < 1.29 is 9.53 Å². The summed E-state index contributed by atoms with van der Waals surface area (Å²) in [6, 6.07) is 0.258. The van der Waals surface area contributed by atoms with Crippen LogP contribution in [0.1, 0.15) is 26.2 Å². The summed E-state index contributed by atoms with van der Waals surface area (Å²) >= 11 is 0. The lowest BCUT2D eigenvalue weighted by Gasteiger charge is -2.11. The van der Waals surface area contributed by atoms with Crippen molar-refractivity contribution in [3.05, 3.63) is 0 Å². The summed E-state index contributed by atoms with van der Waals surface area (Å²) < 4.78 is 4.97. The first-order chi connectivity index (χ1) is 6.33. The van der Waals surface area contributed by atoms with Gasteiger partial charge in [0.05, 0.1) is 6.61 Å². The Morgan fingerprint density at radius 1 is 1.69 bits per heavy atom. The fourth-order valence-electron chi connectivity index (χ4n) is 1.30. The zero-order valence-electron chi connectivity index (χ0n) is 8.14. The summed E-state index contributed by atoms with van der Waals surface area (Å²) in [6.45, 7) is 4.45. The second-order valence-corrected chi connectivity index (χ2v) is 3.32. The minimum absolute atomic E-state index is 0.258. The first-order valence-electron chi connectivity index (χ1n) is 4.97. The number of amides is 1. The van der Waals surface area contributed by atoms with Crippen molar-refractivity contribution in [2.24, 2.45) is 0 Å². The average Bonchev–Trinajstić information content (AvgIpc) is 2.57. The molecule has 1 aliphatic heterocycles. The van der Waals surface area contributed by atoms with Gasteiger partial charge >= 0.3 is 6.09 Å². The number of alkyl carbamates (subject to hydrolysis) is 1. The number of carbonyl (C=O) groups is 1. The van der Waals surface area contributed by atoms with E-state index in [1.165, 1.54) is 0 Å². The van der Waals surface area contributed by atoms with Crippen LogP contribution in [0.3, 0.4) is 0 Å². The predicted octanol–water partition coefficient (Wildman–Crippen LogP) is 0.875. The van der Waals surface area contributed by atoms with Gasteiger partial charge in [-0.15, -0.1) is 0 Å². The maximum Gasteiger partial charge on any atom is 0.407 e. The zero-order chi connectivity index (χ0) is 9.52. The molecule has 1 rings (SSSR count). The van der Waals surface area contributed by atoms with E-state index in [-0.39, 0.29) is 12.1 Å². The Labute approximate surface area is 79.0 Å². The Kier molecular flexibility index (Phi) is 4.60. The summed E-state index contributed by atoms with van der Waals surface area (Å²) in [7, 11) is 0. The van der Waals surface area contributed by atoms with Gasteiger partial charge in [-0.05, 0) is 19.4 Å². The number of unbranched alkanes of at least 4 members (excludes halogenated alkanes) is 1. The van der Waals surface area contributed by atoms with Crippen LogP contribution >= 0.6 is 0 Å². The molecule has 0 aromatic carbocycles. The predicted molar refractivity (Wildman–Crippen MR) is 50.7 cm³/mol. The van der Waals surface area contributed by atoms with Crippen LogP contribution < -0.4 is 10.6 Å². The summed E-state index contributed by atoms with van der Waals surface area (Å²) in [5, 5.41) is 5.99. The fraction of sp³-hybridized carbons (Fsp3) is 0.889. The Morgan fingerprint density at radius 3 is 3.15 bits per heavy atom. The molecule has 76 valence electrons. The van der Waals surface area contributed by atoms with Gasteiger partial charge in [-0.25, -0.2) is 4.79 Å². The molecule has 1 heterocycles. The molecule has 0 spiro atoms. The molecule has 0 aromatic heterocycles. The van der Waals surface area contributed by atoms with E-state index in [1.54, 1.807) is 0 Å². The van der Waals surface area contributed by atoms with Crippen LogP contribution in [0.2, 0.25) is 0 Å². The third-order valence-corrected chi connectivity index (χ3v) is 2.11. The summed E-state index contributed by atoms with van der Waals surface area (Å²) in [6.07, 6.45) is 2.72. The van der Waals surface area contributed by atoms with E-state index in [0.29, 0.717) is 6.61 Å². The van der Waals surface area contributed by atoms with Crippen molar-refractivity contribution in [2.45, 2.75) is 32.2 Å². The molecule has 1 fully saturated rings. The number of ether oxygens (including phenoxy) is 1. The highest BCUT2D eigenvalue weighted by Gasteiger charge is 2.16.